The number of likely N-dealkylation sites (tertiary alicyclic amines) is 1. The van der Waals surface area contributed by atoms with Crippen LogP contribution in [0.2, 0.25) is 0 Å². The number of carbonyl (C=O) groups is 2. The monoisotopic (exact) mass is 420 g/mol. The van der Waals surface area contributed by atoms with Gasteiger partial charge < -0.3 is 19.5 Å². The number of benzene rings is 2. The summed E-state index contributed by atoms with van der Waals surface area (Å²) in [5.74, 6) is 0.542. The fourth-order valence-electron chi connectivity index (χ4n) is 4.55. The van der Waals surface area contributed by atoms with Crippen molar-refractivity contribution in [2.75, 3.05) is 20.2 Å². The van der Waals surface area contributed by atoms with Crippen molar-refractivity contribution < 1.29 is 24.2 Å². The molecule has 0 unspecified atom stereocenters. The Kier molecular flexibility index (Phi) is 5.92. The fraction of sp³-hybridized carbons (Fsp3) is 0.375. The van der Waals surface area contributed by atoms with Gasteiger partial charge >= 0.3 is 5.97 Å². The quantitative estimate of drug-likeness (QED) is 0.764. The maximum atomic E-state index is 12.9. The molecule has 7 heteroatoms. The Labute approximate surface area is 180 Å². The second-order valence-corrected chi connectivity index (χ2v) is 8.13. The molecule has 31 heavy (non-hydrogen) atoms. The molecule has 160 valence electrons. The van der Waals surface area contributed by atoms with E-state index in [1.165, 1.54) is 7.11 Å². The molecule has 1 amide bonds. The predicted molar refractivity (Wildman–Crippen MR) is 111 cm³/mol. The molecule has 0 bridgehead atoms. The largest absolute Gasteiger partial charge is 0.488 e. The highest BCUT2D eigenvalue weighted by atomic mass is 16.5. The maximum absolute atomic E-state index is 12.9. The zero-order valence-electron chi connectivity index (χ0n) is 17.2. The molecule has 1 heterocycles. The summed E-state index contributed by atoms with van der Waals surface area (Å²) < 4.78 is 10.7. The van der Waals surface area contributed by atoms with Gasteiger partial charge in [-0.1, -0.05) is 6.07 Å². The topological polar surface area (TPSA) is 99.9 Å². The van der Waals surface area contributed by atoms with Crippen molar-refractivity contribution in [2.45, 2.75) is 25.0 Å². The molecule has 2 fully saturated rings. The SMILES string of the molecule is COC(=O)c1ccc(O[C@H]2C[C@@H]3CN(C(=O)c4cccc(C#N)c4)C[C@@H]3C[C@@H]2O)cc1. The standard InChI is InChI=1S/C24H24N2O5/c1-30-24(29)16-5-7-20(8-6-16)31-22-11-19-14-26(13-18(19)10-21(22)27)23(28)17-4-2-3-15(9-17)12-25/h2-9,18-19,21-22,27H,10-11,13-14H2,1H3/t18-,19+,21-,22-/m0/s1. The van der Waals surface area contributed by atoms with Crippen LogP contribution in [0.15, 0.2) is 48.5 Å². The number of esters is 1. The van der Waals surface area contributed by atoms with Crippen LogP contribution < -0.4 is 4.74 Å². The number of hydrogen-bond donors (Lipinski definition) is 1. The Morgan fingerprint density at radius 1 is 1.06 bits per heavy atom. The number of aliphatic hydroxyl groups excluding tert-OH is 1. The van der Waals surface area contributed by atoms with E-state index in [0.29, 0.717) is 48.4 Å². The van der Waals surface area contributed by atoms with Crippen LogP contribution in [0.5, 0.6) is 5.75 Å². The first-order valence-corrected chi connectivity index (χ1v) is 10.3. The summed E-state index contributed by atoms with van der Waals surface area (Å²) >= 11 is 0. The number of hydrogen-bond acceptors (Lipinski definition) is 6. The van der Waals surface area contributed by atoms with Gasteiger partial charge in [0.25, 0.3) is 5.91 Å². The van der Waals surface area contributed by atoms with Crippen molar-refractivity contribution in [3.63, 3.8) is 0 Å². The van der Waals surface area contributed by atoms with Crippen molar-refractivity contribution in [1.82, 2.24) is 4.90 Å². The molecule has 1 aliphatic heterocycles. The summed E-state index contributed by atoms with van der Waals surface area (Å²) in [6.07, 6.45) is 0.213. The predicted octanol–water partition coefficient (Wildman–Crippen LogP) is 2.64. The summed E-state index contributed by atoms with van der Waals surface area (Å²) in [7, 11) is 1.33. The molecule has 1 saturated heterocycles. The van der Waals surface area contributed by atoms with Crippen LogP contribution in [0, 0.1) is 23.2 Å². The zero-order valence-corrected chi connectivity index (χ0v) is 17.2. The molecule has 0 aromatic heterocycles. The molecular weight excluding hydrogens is 396 g/mol. The normalized spacial score (nSPS) is 24.7. The minimum Gasteiger partial charge on any atom is -0.488 e. The van der Waals surface area contributed by atoms with Gasteiger partial charge in [0.15, 0.2) is 0 Å². The van der Waals surface area contributed by atoms with Gasteiger partial charge in [0.2, 0.25) is 0 Å². The van der Waals surface area contributed by atoms with Crippen molar-refractivity contribution in [2.24, 2.45) is 11.8 Å². The van der Waals surface area contributed by atoms with Crippen molar-refractivity contribution in [1.29, 1.82) is 5.26 Å². The lowest BCUT2D eigenvalue weighted by molar-refractivity contribution is -0.0231. The lowest BCUT2D eigenvalue weighted by atomic mass is 9.78. The number of amides is 1. The summed E-state index contributed by atoms with van der Waals surface area (Å²) in [5.41, 5.74) is 1.41. The van der Waals surface area contributed by atoms with Crippen LogP contribution >= 0.6 is 0 Å². The number of ether oxygens (including phenoxy) is 2. The molecule has 4 atom stereocenters. The number of rotatable bonds is 4. The van der Waals surface area contributed by atoms with E-state index < -0.39 is 12.1 Å². The number of methoxy groups -OCH3 is 1. The van der Waals surface area contributed by atoms with Crippen molar-refractivity contribution in [3.8, 4) is 11.8 Å². The highest BCUT2D eigenvalue weighted by Crippen LogP contribution is 2.38. The summed E-state index contributed by atoms with van der Waals surface area (Å²) in [5, 5.41) is 19.7. The van der Waals surface area contributed by atoms with Crippen LogP contribution in [0.1, 0.15) is 39.1 Å². The van der Waals surface area contributed by atoms with E-state index >= 15 is 0 Å². The molecule has 0 spiro atoms. The van der Waals surface area contributed by atoms with Crippen LogP contribution in [0.25, 0.3) is 0 Å². The summed E-state index contributed by atoms with van der Waals surface area (Å²) in [6, 6.07) is 15.4. The highest BCUT2D eigenvalue weighted by molar-refractivity contribution is 5.94. The van der Waals surface area contributed by atoms with Gasteiger partial charge in [0, 0.05) is 18.7 Å². The van der Waals surface area contributed by atoms with E-state index in [9.17, 15) is 14.7 Å². The van der Waals surface area contributed by atoms with Crippen LogP contribution in [0.3, 0.4) is 0 Å². The van der Waals surface area contributed by atoms with E-state index in [4.69, 9.17) is 14.7 Å². The van der Waals surface area contributed by atoms with Crippen LogP contribution in [-0.4, -0.2) is 54.3 Å². The molecule has 1 N–H and O–H groups in total. The maximum Gasteiger partial charge on any atom is 0.337 e. The van der Waals surface area contributed by atoms with Crippen LogP contribution in [-0.2, 0) is 4.74 Å². The first kappa shape index (κ1) is 20.9. The van der Waals surface area contributed by atoms with E-state index in [1.54, 1.807) is 48.5 Å². The molecule has 1 aliphatic carbocycles. The number of aliphatic hydroxyl groups is 1. The molecule has 4 rings (SSSR count). The van der Waals surface area contributed by atoms with Gasteiger partial charge in [0.05, 0.1) is 30.4 Å². The van der Waals surface area contributed by atoms with E-state index in [0.717, 1.165) is 0 Å². The molecule has 0 radical (unpaired) electrons. The number of nitrogens with zero attached hydrogens (tertiary/aromatic N) is 2. The average molecular weight is 420 g/mol. The Bertz CT molecular complexity index is 1010. The van der Waals surface area contributed by atoms with E-state index in [2.05, 4.69) is 6.07 Å². The minimum absolute atomic E-state index is 0.0862. The van der Waals surface area contributed by atoms with Gasteiger partial charge in [-0.15, -0.1) is 0 Å². The fourth-order valence-corrected chi connectivity index (χ4v) is 4.55. The Balaban J connectivity index is 1.40. The molecule has 2 aromatic carbocycles. The van der Waals surface area contributed by atoms with Gasteiger partial charge in [-0.25, -0.2) is 4.79 Å². The lowest BCUT2D eigenvalue weighted by Crippen LogP contribution is -2.42. The molecule has 1 saturated carbocycles. The van der Waals surface area contributed by atoms with E-state index in [-0.39, 0.29) is 23.8 Å². The average Bonchev–Trinajstić information content (AvgIpc) is 3.21. The van der Waals surface area contributed by atoms with E-state index in [1.807, 2.05) is 4.90 Å². The third-order valence-corrected chi connectivity index (χ3v) is 6.17. The number of carbonyl (C=O) groups excluding carboxylic acids is 2. The molecular formula is C24H24N2O5. The summed E-state index contributed by atoms with van der Waals surface area (Å²) in [6.45, 7) is 1.20. The Morgan fingerprint density at radius 3 is 2.45 bits per heavy atom. The first-order chi connectivity index (χ1) is 15.0. The highest BCUT2D eigenvalue weighted by Gasteiger charge is 2.44. The summed E-state index contributed by atoms with van der Waals surface area (Å²) in [4.78, 5) is 26.3. The van der Waals surface area contributed by atoms with Gasteiger partial charge in [-0.2, -0.15) is 5.26 Å². The van der Waals surface area contributed by atoms with Crippen LogP contribution in [0.4, 0.5) is 0 Å². The smallest absolute Gasteiger partial charge is 0.337 e. The number of nitriles is 1. The molecule has 2 aliphatic rings. The Morgan fingerprint density at radius 2 is 1.77 bits per heavy atom. The van der Waals surface area contributed by atoms with Crippen molar-refractivity contribution >= 4 is 11.9 Å². The molecule has 7 nitrogen and oxygen atoms in total. The zero-order chi connectivity index (χ0) is 22.0. The number of fused-ring (bicyclic) bond motifs is 1. The Hall–Kier alpha value is -3.37. The molecule has 2 aromatic rings. The minimum atomic E-state index is -0.626. The third-order valence-electron chi connectivity index (χ3n) is 6.17. The lowest BCUT2D eigenvalue weighted by Gasteiger charge is -2.35. The van der Waals surface area contributed by atoms with Gasteiger partial charge in [0.1, 0.15) is 11.9 Å². The first-order valence-electron chi connectivity index (χ1n) is 10.3. The van der Waals surface area contributed by atoms with Crippen molar-refractivity contribution in [3.05, 3.63) is 65.2 Å². The third kappa shape index (κ3) is 4.39. The second-order valence-electron chi connectivity index (χ2n) is 8.13. The van der Waals surface area contributed by atoms with Gasteiger partial charge in [-0.3, -0.25) is 4.79 Å². The second kappa shape index (κ2) is 8.78. The van der Waals surface area contributed by atoms with Gasteiger partial charge in [-0.05, 0) is 67.1 Å².